The van der Waals surface area contributed by atoms with Crippen LogP contribution in [0.3, 0.4) is 0 Å². The Balaban J connectivity index is 2.07. The molecular formula is C8H15N3O3. The van der Waals surface area contributed by atoms with Gasteiger partial charge in [-0.3, -0.25) is 9.59 Å². The maximum absolute atomic E-state index is 10.8. The molecule has 1 saturated heterocycles. The molecule has 0 aromatic heterocycles. The monoisotopic (exact) mass is 201 g/mol. The molecule has 6 heteroatoms. The fourth-order valence-electron chi connectivity index (χ4n) is 1.17. The van der Waals surface area contributed by atoms with Gasteiger partial charge in [0.2, 0.25) is 5.91 Å². The quantitative estimate of drug-likeness (QED) is 0.451. The van der Waals surface area contributed by atoms with Gasteiger partial charge < -0.3 is 20.7 Å². The van der Waals surface area contributed by atoms with Gasteiger partial charge in [-0.05, 0) is 0 Å². The molecule has 80 valence electrons. The van der Waals surface area contributed by atoms with Crippen molar-refractivity contribution in [3.63, 3.8) is 0 Å². The Hall–Kier alpha value is -1.14. The number of hydrogen-bond acceptors (Lipinski definition) is 5. The van der Waals surface area contributed by atoms with Gasteiger partial charge in [0.25, 0.3) is 0 Å². The van der Waals surface area contributed by atoms with Crippen LogP contribution in [0.1, 0.15) is 0 Å². The van der Waals surface area contributed by atoms with Crippen LogP contribution < -0.4 is 16.0 Å². The van der Waals surface area contributed by atoms with Gasteiger partial charge >= 0.3 is 5.97 Å². The second kappa shape index (κ2) is 5.56. The number of carbonyl (C=O) groups is 2. The van der Waals surface area contributed by atoms with Crippen molar-refractivity contribution in [2.75, 3.05) is 33.3 Å². The predicted octanol–water partition coefficient (Wildman–Crippen LogP) is -2.16. The van der Waals surface area contributed by atoms with Crippen LogP contribution in [-0.4, -0.2) is 51.2 Å². The van der Waals surface area contributed by atoms with Crippen molar-refractivity contribution in [2.24, 2.45) is 0 Å². The van der Waals surface area contributed by atoms with Crippen molar-refractivity contribution in [1.29, 1.82) is 0 Å². The summed E-state index contributed by atoms with van der Waals surface area (Å²) in [4.78, 5) is 21.5. The van der Waals surface area contributed by atoms with E-state index in [9.17, 15) is 9.59 Å². The van der Waals surface area contributed by atoms with E-state index in [0.717, 1.165) is 0 Å². The van der Waals surface area contributed by atoms with Gasteiger partial charge in [-0.2, -0.15) is 0 Å². The SMILES string of the molecule is COC(=O)CNCC1CNC(=O)CN1. The largest absolute Gasteiger partial charge is 0.468 e. The second-order valence-corrected chi connectivity index (χ2v) is 3.09. The topological polar surface area (TPSA) is 79.5 Å². The molecule has 1 amide bonds. The van der Waals surface area contributed by atoms with Crippen LogP contribution in [0, 0.1) is 0 Å². The van der Waals surface area contributed by atoms with E-state index in [1.165, 1.54) is 7.11 Å². The maximum atomic E-state index is 10.8. The summed E-state index contributed by atoms with van der Waals surface area (Å²) < 4.78 is 4.47. The first-order chi connectivity index (χ1) is 6.72. The molecule has 0 spiro atoms. The molecule has 3 N–H and O–H groups in total. The van der Waals surface area contributed by atoms with Gasteiger partial charge in [-0.15, -0.1) is 0 Å². The molecule has 0 saturated carbocycles. The minimum atomic E-state index is -0.287. The molecule has 1 aliphatic rings. The Bertz CT molecular complexity index is 210. The van der Waals surface area contributed by atoms with Gasteiger partial charge in [0.05, 0.1) is 20.2 Å². The van der Waals surface area contributed by atoms with Crippen molar-refractivity contribution in [2.45, 2.75) is 6.04 Å². The van der Waals surface area contributed by atoms with Crippen molar-refractivity contribution >= 4 is 11.9 Å². The highest BCUT2D eigenvalue weighted by Crippen LogP contribution is 1.85. The summed E-state index contributed by atoms with van der Waals surface area (Å²) in [5, 5.41) is 8.69. The Labute approximate surface area is 82.4 Å². The van der Waals surface area contributed by atoms with E-state index in [2.05, 4.69) is 20.7 Å². The fraction of sp³-hybridized carbons (Fsp3) is 0.750. The summed E-state index contributed by atoms with van der Waals surface area (Å²) in [7, 11) is 1.35. The maximum Gasteiger partial charge on any atom is 0.319 e. The second-order valence-electron chi connectivity index (χ2n) is 3.09. The molecular weight excluding hydrogens is 186 g/mol. The standard InChI is InChI=1S/C8H15N3O3/c1-14-8(13)5-9-2-6-3-11-7(12)4-10-6/h6,9-10H,2-5H2,1H3,(H,11,12). The third-order valence-electron chi connectivity index (χ3n) is 1.98. The molecule has 0 radical (unpaired) electrons. The molecule has 0 aliphatic carbocycles. The smallest absolute Gasteiger partial charge is 0.319 e. The van der Waals surface area contributed by atoms with Crippen LogP contribution in [0.2, 0.25) is 0 Å². The molecule has 0 aromatic rings. The zero-order valence-corrected chi connectivity index (χ0v) is 8.13. The summed E-state index contributed by atoms with van der Waals surface area (Å²) >= 11 is 0. The highest BCUT2D eigenvalue weighted by atomic mass is 16.5. The Morgan fingerprint density at radius 3 is 3.07 bits per heavy atom. The number of esters is 1. The van der Waals surface area contributed by atoms with E-state index in [1.807, 2.05) is 0 Å². The number of piperazine rings is 1. The molecule has 1 fully saturated rings. The normalized spacial score (nSPS) is 21.5. The van der Waals surface area contributed by atoms with Gasteiger partial charge in [-0.25, -0.2) is 0 Å². The third-order valence-corrected chi connectivity index (χ3v) is 1.98. The Morgan fingerprint density at radius 1 is 1.71 bits per heavy atom. The number of methoxy groups -OCH3 is 1. The molecule has 1 rings (SSSR count). The molecule has 1 unspecified atom stereocenters. The highest BCUT2D eigenvalue weighted by Gasteiger charge is 2.16. The molecule has 0 aromatic carbocycles. The van der Waals surface area contributed by atoms with E-state index in [0.29, 0.717) is 19.6 Å². The molecule has 0 bridgehead atoms. The summed E-state index contributed by atoms with van der Waals surface area (Å²) in [6.45, 7) is 1.76. The first-order valence-electron chi connectivity index (χ1n) is 4.50. The van der Waals surface area contributed by atoms with Crippen LogP contribution >= 0.6 is 0 Å². The van der Waals surface area contributed by atoms with E-state index in [1.54, 1.807) is 0 Å². The van der Waals surface area contributed by atoms with E-state index >= 15 is 0 Å². The lowest BCUT2D eigenvalue weighted by Crippen LogP contribution is -2.55. The molecule has 6 nitrogen and oxygen atoms in total. The minimum absolute atomic E-state index is 0.00854. The van der Waals surface area contributed by atoms with Gasteiger partial charge in [0, 0.05) is 19.1 Å². The van der Waals surface area contributed by atoms with Crippen LogP contribution in [-0.2, 0) is 14.3 Å². The average molecular weight is 201 g/mol. The zero-order valence-electron chi connectivity index (χ0n) is 8.13. The number of nitrogens with one attached hydrogen (secondary N) is 3. The predicted molar refractivity (Wildman–Crippen MR) is 49.7 cm³/mol. The summed E-state index contributed by atoms with van der Waals surface area (Å²) in [6, 6.07) is 0.178. The number of carbonyl (C=O) groups excluding carboxylic acids is 2. The summed E-state index contributed by atoms with van der Waals surface area (Å²) in [5.74, 6) is -0.279. The molecule has 14 heavy (non-hydrogen) atoms. The van der Waals surface area contributed by atoms with Crippen LogP contribution in [0.5, 0.6) is 0 Å². The lowest BCUT2D eigenvalue weighted by Gasteiger charge is -2.23. The van der Waals surface area contributed by atoms with Crippen molar-refractivity contribution in [1.82, 2.24) is 16.0 Å². The van der Waals surface area contributed by atoms with E-state index in [-0.39, 0.29) is 24.5 Å². The number of amides is 1. The summed E-state index contributed by atoms with van der Waals surface area (Å²) in [6.07, 6.45) is 0. The van der Waals surface area contributed by atoms with E-state index < -0.39 is 0 Å². The van der Waals surface area contributed by atoms with Crippen LogP contribution in [0.4, 0.5) is 0 Å². The van der Waals surface area contributed by atoms with Crippen LogP contribution in [0.25, 0.3) is 0 Å². The van der Waals surface area contributed by atoms with Gasteiger partial charge in [-0.1, -0.05) is 0 Å². The molecule has 1 heterocycles. The summed E-state index contributed by atoms with van der Waals surface area (Å²) in [5.41, 5.74) is 0. The lowest BCUT2D eigenvalue weighted by molar-refractivity contribution is -0.139. The van der Waals surface area contributed by atoms with E-state index in [4.69, 9.17) is 0 Å². The Kier molecular flexibility index (Phi) is 4.34. The highest BCUT2D eigenvalue weighted by molar-refractivity contribution is 5.78. The Morgan fingerprint density at radius 2 is 2.50 bits per heavy atom. The van der Waals surface area contributed by atoms with Crippen molar-refractivity contribution < 1.29 is 14.3 Å². The van der Waals surface area contributed by atoms with Gasteiger partial charge in [0.1, 0.15) is 0 Å². The van der Waals surface area contributed by atoms with Crippen LogP contribution in [0.15, 0.2) is 0 Å². The zero-order chi connectivity index (χ0) is 10.4. The average Bonchev–Trinajstić information content (AvgIpc) is 2.21. The first-order valence-corrected chi connectivity index (χ1v) is 4.50. The number of rotatable bonds is 4. The van der Waals surface area contributed by atoms with Crippen molar-refractivity contribution in [3.8, 4) is 0 Å². The van der Waals surface area contributed by atoms with Crippen molar-refractivity contribution in [3.05, 3.63) is 0 Å². The fourth-order valence-corrected chi connectivity index (χ4v) is 1.17. The lowest BCUT2D eigenvalue weighted by atomic mass is 10.2. The first kappa shape index (κ1) is 10.9. The molecule has 1 aliphatic heterocycles. The minimum Gasteiger partial charge on any atom is -0.468 e. The third kappa shape index (κ3) is 3.71. The van der Waals surface area contributed by atoms with Gasteiger partial charge in [0.15, 0.2) is 0 Å². The number of ether oxygens (including phenoxy) is 1. The number of hydrogen-bond donors (Lipinski definition) is 3. The molecule has 1 atom stereocenters.